The zero-order valence-corrected chi connectivity index (χ0v) is 22.3. The maximum Gasteiger partial charge on any atom is 0.323 e. The highest BCUT2D eigenvalue weighted by Gasteiger charge is 2.13. The summed E-state index contributed by atoms with van der Waals surface area (Å²) in [5.41, 5.74) is 4.33. The molecule has 0 saturated carbocycles. The van der Waals surface area contributed by atoms with Gasteiger partial charge in [-0.25, -0.2) is 4.39 Å². The van der Waals surface area contributed by atoms with Crippen LogP contribution in [-0.4, -0.2) is 39.9 Å². The largest absolute Gasteiger partial charge is 0.493 e. The molecule has 7 nitrogen and oxygen atoms in total. The zero-order valence-electron chi connectivity index (χ0n) is 22.3. The molecule has 208 valence electrons. The first-order valence-corrected chi connectivity index (χ1v) is 13.1. The van der Waals surface area contributed by atoms with Crippen molar-refractivity contribution < 1.29 is 33.7 Å². The maximum atomic E-state index is 13.2. The molecule has 0 bridgehead atoms. The van der Waals surface area contributed by atoms with Crippen LogP contribution in [0.1, 0.15) is 41.5 Å². The van der Waals surface area contributed by atoms with Gasteiger partial charge in [-0.15, -0.1) is 0 Å². The minimum absolute atomic E-state index is 0.0639. The molecule has 1 aromatic heterocycles. The number of rotatable bonds is 14. The quantitative estimate of drug-likeness (QED) is 0.137. The van der Waals surface area contributed by atoms with Crippen molar-refractivity contribution in [1.29, 1.82) is 0 Å². The number of benzene rings is 3. The number of hydrogen-bond acceptors (Lipinski definition) is 4. The molecule has 2 N–H and O–H groups in total. The van der Waals surface area contributed by atoms with Crippen molar-refractivity contribution in [2.24, 2.45) is 0 Å². The molecular formula is C32H32FNO6. The van der Waals surface area contributed by atoms with E-state index in [9.17, 15) is 19.1 Å². The first-order chi connectivity index (χ1) is 19.3. The van der Waals surface area contributed by atoms with Crippen LogP contribution < -0.4 is 9.47 Å². The van der Waals surface area contributed by atoms with Crippen LogP contribution in [0.25, 0.3) is 23.1 Å². The SMILES string of the molecule is Cc1cc(F)ccc1OCCCOc1ccc(/C=C/c2cccc3c(CCCC(=O)O)cn(CC(=O)O)c23)cc1. The van der Waals surface area contributed by atoms with E-state index >= 15 is 0 Å². The Bertz CT molecular complexity index is 1510. The number of aliphatic carboxylic acids is 2. The van der Waals surface area contributed by atoms with Gasteiger partial charge in [-0.3, -0.25) is 9.59 Å². The van der Waals surface area contributed by atoms with E-state index in [0.29, 0.717) is 38.2 Å². The van der Waals surface area contributed by atoms with E-state index in [4.69, 9.17) is 14.6 Å². The molecule has 4 rings (SSSR count). The van der Waals surface area contributed by atoms with E-state index in [-0.39, 0.29) is 18.8 Å². The average Bonchev–Trinajstić information content (AvgIpc) is 3.26. The fourth-order valence-corrected chi connectivity index (χ4v) is 4.56. The third-order valence-corrected chi connectivity index (χ3v) is 6.44. The number of para-hydroxylation sites is 1. The van der Waals surface area contributed by atoms with Crippen molar-refractivity contribution in [3.8, 4) is 11.5 Å². The van der Waals surface area contributed by atoms with Crippen molar-refractivity contribution in [3.05, 3.63) is 94.9 Å². The first kappa shape index (κ1) is 28.4. The van der Waals surface area contributed by atoms with Gasteiger partial charge in [-0.05, 0) is 72.4 Å². The van der Waals surface area contributed by atoms with Gasteiger partial charge in [0.25, 0.3) is 0 Å². The number of carboxylic acids is 2. The van der Waals surface area contributed by atoms with Crippen LogP contribution in [0.15, 0.2) is 66.9 Å². The summed E-state index contributed by atoms with van der Waals surface area (Å²) in [5.74, 6) is -0.674. The topological polar surface area (TPSA) is 98.0 Å². The molecule has 0 radical (unpaired) electrons. The predicted molar refractivity (Wildman–Crippen MR) is 152 cm³/mol. The van der Waals surface area contributed by atoms with Gasteiger partial charge < -0.3 is 24.3 Å². The van der Waals surface area contributed by atoms with Crippen LogP contribution in [0.5, 0.6) is 11.5 Å². The summed E-state index contributed by atoms with van der Waals surface area (Å²) in [6.45, 7) is 2.57. The lowest BCUT2D eigenvalue weighted by Gasteiger charge is -2.10. The summed E-state index contributed by atoms with van der Waals surface area (Å²) >= 11 is 0. The fraction of sp³-hybridized carbons (Fsp3) is 0.250. The second-order valence-corrected chi connectivity index (χ2v) is 9.53. The van der Waals surface area contributed by atoms with Crippen molar-refractivity contribution >= 4 is 35.0 Å². The number of halogens is 1. The summed E-state index contributed by atoms with van der Waals surface area (Å²) in [5, 5.41) is 19.3. The Morgan fingerprint density at radius 2 is 1.70 bits per heavy atom. The third-order valence-electron chi connectivity index (χ3n) is 6.44. The van der Waals surface area contributed by atoms with E-state index in [1.165, 1.54) is 12.1 Å². The van der Waals surface area contributed by atoms with Crippen molar-refractivity contribution in [2.45, 2.75) is 39.2 Å². The number of carboxylic acid groups (broad SMARTS) is 2. The van der Waals surface area contributed by atoms with Gasteiger partial charge >= 0.3 is 11.9 Å². The second kappa shape index (κ2) is 13.5. The molecule has 40 heavy (non-hydrogen) atoms. The van der Waals surface area contributed by atoms with Crippen LogP contribution >= 0.6 is 0 Å². The van der Waals surface area contributed by atoms with Gasteiger partial charge in [0.2, 0.25) is 0 Å². The third kappa shape index (κ3) is 7.72. The van der Waals surface area contributed by atoms with Gasteiger partial charge in [-0.2, -0.15) is 0 Å². The summed E-state index contributed by atoms with van der Waals surface area (Å²) in [4.78, 5) is 22.4. The number of nitrogens with zero attached hydrogens (tertiary/aromatic N) is 1. The average molecular weight is 546 g/mol. The van der Waals surface area contributed by atoms with Gasteiger partial charge in [0, 0.05) is 24.4 Å². The molecule has 0 saturated heterocycles. The number of aromatic nitrogens is 1. The van der Waals surface area contributed by atoms with Gasteiger partial charge in [-0.1, -0.05) is 42.5 Å². The highest BCUT2D eigenvalue weighted by molar-refractivity contribution is 5.94. The Morgan fingerprint density at radius 3 is 2.42 bits per heavy atom. The summed E-state index contributed by atoms with van der Waals surface area (Å²) in [6, 6.07) is 17.9. The molecule has 4 aromatic rings. The molecule has 0 atom stereocenters. The lowest BCUT2D eigenvalue weighted by molar-refractivity contribution is -0.138. The van der Waals surface area contributed by atoms with E-state index in [1.54, 1.807) is 17.6 Å². The fourth-order valence-electron chi connectivity index (χ4n) is 4.56. The minimum Gasteiger partial charge on any atom is -0.493 e. The van der Waals surface area contributed by atoms with E-state index in [0.717, 1.165) is 38.9 Å². The number of carbonyl (C=O) groups is 2. The molecule has 0 fully saturated rings. The lowest BCUT2D eigenvalue weighted by atomic mass is 10.0. The highest BCUT2D eigenvalue weighted by Crippen LogP contribution is 2.28. The Labute approximate surface area is 232 Å². The van der Waals surface area contributed by atoms with Gasteiger partial charge in [0.1, 0.15) is 23.9 Å². The number of hydrogen-bond donors (Lipinski definition) is 2. The van der Waals surface area contributed by atoms with E-state index < -0.39 is 11.9 Å². The van der Waals surface area contributed by atoms with Gasteiger partial charge in [0.05, 0.1) is 18.7 Å². The summed E-state index contributed by atoms with van der Waals surface area (Å²) in [6.07, 6.45) is 7.51. The molecule has 0 amide bonds. The molecule has 3 aromatic carbocycles. The van der Waals surface area contributed by atoms with Crippen molar-refractivity contribution in [1.82, 2.24) is 4.57 Å². The molecule has 0 aliphatic heterocycles. The minimum atomic E-state index is -0.944. The monoisotopic (exact) mass is 545 g/mol. The smallest absolute Gasteiger partial charge is 0.323 e. The molecule has 0 unspecified atom stereocenters. The van der Waals surface area contributed by atoms with E-state index in [1.807, 2.05) is 60.8 Å². The normalized spacial score (nSPS) is 11.2. The predicted octanol–water partition coefficient (Wildman–Crippen LogP) is 6.60. The standard InChI is InChI=1S/C32H32FNO6/c1-22-19-26(33)13-16-29(22)40-18-4-17-39-27-14-10-23(11-15-27)9-12-24-5-2-7-28-25(6-3-8-30(35)36)20-34(32(24)28)21-31(37)38/h2,5,7,9-16,19-20H,3-4,6,8,17-18,21H2,1H3,(H,35,36)(H,37,38)/b12-9+. The Morgan fingerprint density at radius 1 is 0.925 bits per heavy atom. The highest BCUT2D eigenvalue weighted by atomic mass is 19.1. The summed E-state index contributed by atoms with van der Waals surface area (Å²) < 4.78 is 26.4. The lowest BCUT2D eigenvalue weighted by Crippen LogP contribution is -2.07. The van der Waals surface area contributed by atoms with Crippen molar-refractivity contribution in [2.75, 3.05) is 13.2 Å². The van der Waals surface area contributed by atoms with Crippen LogP contribution in [0, 0.1) is 12.7 Å². The zero-order chi connectivity index (χ0) is 28.5. The summed E-state index contributed by atoms with van der Waals surface area (Å²) in [7, 11) is 0. The molecule has 0 spiro atoms. The second-order valence-electron chi connectivity index (χ2n) is 9.53. The number of fused-ring (bicyclic) bond motifs is 1. The maximum absolute atomic E-state index is 13.2. The first-order valence-electron chi connectivity index (χ1n) is 13.1. The molecule has 1 heterocycles. The Hall–Kier alpha value is -4.59. The number of aryl methyl sites for hydroxylation is 2. The van der Waals surface area contributed by atoms with Crippen molar-refractivity contribution in [3.63, 3.8) is 0 Å². The molecule has 0 aliphatic carbocycles. The van der Waals surface area contributed by atoms with Crippen LogP contribution in [0.3, 0.4) is 0 Å². The van der Waals surface area contributed by atoms with Gasteiger partial charge in [0.15, 0.2) is 0 Å². The molecule has 8 heteroatoms. The number of ether oxygens (including phenoxy) is 2. The molecular weight excluding hydrogens is 513 g/mol. The van der Waals surface area contributed by atoms with Crippen LogP contribution in [0.4, 0.5) is 4.39 Å². The molecule has 0 aliphatic rings. The Balaban J connectivity index is 1.37. The Kier molecular flexibility index (Phi) is 9.57. The van der Waals surface area contributed by atoms with Crippen LogP contribution in [-0.2, 0) is 22.6 Å². The van der Waals surface area contributed by atoms with Crippen LogP contribution in [0.2, 0.25) is 0 Å². The van der Waals surface area contributed by atoms with E-state index in [2.05, 4.69) is 0 Å².